The molecular formula is C13H15BrN2O2S2. The van der Waals surface area contributed by atoms with Crippen molar-refractivity contribution in [1.82, 2.24) is 4.72 Å². The Bertz CT molecular complexity index is 726. The maximum absolute atomic E-state index is 12.3. The van der Waals surface area contributed by atoms with Gasteiger partial charge in [0.25, 0.3) is 0 Å². The number of aryl methyl sites for hydroxylation is 1. The second-order valence-corrected chi connectivity index (χ2v) is 8.36. The first kappa shape index (κ1) is 15.5. The first-order valence-corrected chi connectivity index (χ1v) is 9.02. The molecule has 0 radical (unpaired) electrons. The van der Waals surface area contributed by atoms with Crippen LogP contribution in [0.3, 0.4) is 0 Å². The third-order valence-corrected chi connectivity index (χ3v) is 6.24. The van der Waals surface area contributed by atoms with Gasteiger partial charge in [-0.05, 0) is 60.1 Å². The lowest BCUT2D eigenvalue weighted by Gasteiger charge is -2.13. The molecule has 0 aliphatic heterocycles. The van der Waals surface area contributed by atoms with Gasteiger partial charge in [0.05, 0.1) is 10.9 Å². The molecule has 0 saturated heterocycles. The van der Waals surface area contributed by atoms with Crippen molar-refractivity contribution < 1.29 is 8.42 Å². The summed E-state index contributed by atoms with van der Waals surface area (Å²) < 4.78 is 28.0. The van der Waals surface area contributed by atoms with Crippen LogP contribution in [0.4, 0.5) is 5.69 Å². The van der Waals surface area contributed by atoms with Crippen molar-refractivity contribution in [3.8, 4) is 0 Å². The SMILES string of the molecule is Cc1ccc(C(C)NS(=O)(=O)c2ccc(Br)c(N)c2)s1. The number of nitrogen functional groups attached to an aromatic ring is 1. The number of hydrogen-bond donors (Lipinski definition) is 2. The van der Waals surface area contributed by atoms with E-state index in [0.717, 1.165) is 9.75 Å². The highest BCUT2D eigenvalue weighted by molar-refractivity contribution is 9.10. The monoisotopic (exact) mass is 374 g/mol. The predicted octanol–water partition coefficient (Wildman–Crippen LogP) is 3.44. The van der Waals surface area contributed by atoms with E-state index in [1.54, 1.807) is 17.4 Å². The lowest BCUT2D eigenvalue weighted by molar-refractivity contribution is 0.568. The van der Waals surface area contributed by atoms with E-state index < -0.39 is 10.0 Å². The highest BCUT2D eigenvalue weighted by Gasteiger charge is 2.19. The first-order valence-electron chi connectivity index (χ1n) is 5.93. The highest BCUT2D eigenvalue weighted by atomic mass is 79.9. The van der Waals surface area contributed by atoms with Crippen molar-refractivity contribution in [2.75, 3.05) is 5.73 Å². The van der Waals surface area contributed by atoms with Crippen LogP contribution in [-0.2, 0) is 10.0 Å². The predicted molar refractivity (Wildman–Crippen MR) is 86.3 cm³/mol. The minimum Gasteiger partial charge on any atom is -0.398 e. The average Bonchev–Trinajstić information content (AvgIpc) is 2.79. The van der Waals surface area contributed by atoms with Gasteiger partial charge in [0.2, 0.25) is 10.0 Å². The molecule has 1 atom stereocenters. The van der Waals surface area contributed by atoms with Crippen LogP contribution in [0.1, 0.15) is 22.7 Å². The van der Waals surface area contributed by atoms with Gasteiger partial charge in [0, 0.05) is 19.9 Å². The van der Waals surface area contributed by atoms with Gasteiger partial charge in [-0.15, -0.1) is 11.3 Å². The molecule has 1 unspecified atom stereocenters. The van der Waals surface area contributed by atoms with Crippen molar-refractivity contribution in [3.63, 3.8) is 0 Å². The minimum atomic E-state index is -3.58. The standard InChI is InChI=1S/C13H15BrN2O2S2/c1-8-3-6-13(19-8)9(2)16-20(17,18)10-4-5-11(14)12(15)7-10/h3-7,9,16H,15H2,1-2H3. The number of rotatable bonds is 4. The Labute approximate surface area is 131 Å². The smallest absolute Gasteiger partial charge is 0.241 e. The average molecular weight is 375 g/mol. The molecule has 4 nitrogen and oxygen atoms in total. The fourth-order valence-electron chi connectivity index (χ4n) is 1.73. The Morgan fingerprint density at radius 3 is 2.55 bits per heavy atom. The van der Waals surface area contributed by atoms with E-state index in [0.29, 0.717) is 10.2 Å². The molecule has 3 N–H and O–H groups in total. The summed E-state index contributed by atoms with van der Waals surface area (Å²) in [5.41, 5.74) is 6.12. The summed E-state index contributed by atoms with van der Waals surface area (Å²) in [6.45, 7) is 3.82. The van der Waals surface area contributed by atoms with Crippen LogP contribution in [0.5, 0.6) is 0 Å². The molecule has 1 heterocycles. The number of thiophene rings is 1. The van der Waals surface area contributed by atoms with Crippen LogP contribution >= 0.6 is 27.3 Å². The molecule has 2 rings (SSSR count). The number of nitrogens with two attached hydrogens (primary N) is 1. The van der Waals surface area contributed by atoms with E-state index in [2.05, 4.69) is 20.7 Å². The quantitative estimate of drug-likeness (QED) is 0.805. The fraction of sp³-hybridized carbons (Fsp3) is 0.231. The van der Waals surface area contributed by atoms with Crippen LogP contribution in [0.25, 0.3) is 0 Å². The molecule has 0 fully saturated rings. The number of benzene rings is 1. The molecule has 0 aliphatic rings. The minimum absolute atomic E-state index is 0.165. The Morgan fingerprint density at radius 2 is 2.00 bits per heavy atom. The third-order valence-electron chi connectivity index (χ3n) is 2.80. The van der Waals surface area contributed by atoms with Crippen LogP contribution in [-0.4, -0.2) is 8.42 Å². The van der Waals surface area contributed by atoms with E-state index in [9.17, 15) is 8.42 Å². The number of sulfonamides is 1. The van der Waals surface area contributed by atoms with Gasteiger partial charge in [-0.25, -0.2) is 13.1 Å². The highest BCUT2D eigenvalue weighted by Crippen LogP contribution is 2.26. The van der Waals surface area contributed by atoms with Gasteiger partial charge in [-0.1, -0.05) is 0 Å². The second-order valence-electron chi connectivity index (χ2n) is 4.47. The maximum atomic E-state index is 12.3. The fourth-order valence-corrected chi connectivity index (χ4v) is 4.19. The molecule has 20 heavy (non-hydrogen) atoms. The van der Waals surface area contributed by atoms with E-state index in [-0.39, 0.29) is 10.9 Å². The van der Waals surface area contributed by atoms with Crippen LogP contribution in [0, 0.1) is 6.92 Å². The van der Waals surface area contributed by atoms with Crippen molar-refractivity contribution in [1.29, 1.82) is 0 Å². The normalized spacial score (nSPS) is 13.3. The summed E-state index contributed by atoms with van der Waals surface area (Å²) >= 11 is 4.83. The van der Waals surface area contributed by atoms with Crippen LogP contribution in [0.15, 0.2) is 39.7 Å². The Morgan fingerprint density at radius 1 is 1.30 bits per heavy atom. The van der Waals surface area contributed by atoms with E-state index in [1.165, 1.54) is 12.1 Å². The maximum Gasteiger partial charge on any atom is 0.241 e. The summed E-state index contributed by atoms with van der Waals surface area (Å²) in [6.07, 6.45) is 0. The van der Waals surface area contributed by atoms with Gasteiger partial charge in [0.1, 0.15) is 0 Å². The molecular weight excluding hydrogens is 360 g/mol. The molecule has 0 aliphatic carbocycles. The summed E-state index contributed by atoms with van der Waals surface area (Å²) in [6, 6.07) is 8.23. The van der Waals surface area contributed by atoms with Crippen LogP contribution in [0.2, 0.25) is 0 Å². The molecule has 1 aromatic heterocycles. The Balaban J connectivity index is 2.24. The summed E-state index contributed by atoms with van der Waals surface area (Å²) in [4.78, 5) is 2.30. The van der Waals surface area contributed by atoms with Crippen molar-refractivity contribution in [2.24, 2.45) is 0 Å². The lowest BCUT2D eigenvalue weighted by Crippen LogP contribution is -2.26. The summed E-state index contributed by atoms with van der Waals surface area (Å²) in [7, 11) is -3.58. The van der Waals surface area contributed by atoms with E-state index in [4.69, 9.17) is 5.73 Å². The third kappa shape index (κ3) is 3.41. The zero-order valence-corrected chi connectivity index (χ0v) is 14.3. The van der Waals surface area contributed by atoms with E-state index in [1.807, 2.05) is 26.0 Å². The number of halogens is 1. The molecule has 1 aromatic carbocycles. The molecule has 7 heteroatoms. The molecule has 0 saturated carbocycles. The van der Waals surface area contributed by atoms with Gasteiger partial charge in [-0.2, -0.15) is 0 Å². The first-order chi connectivity index (χ1) is 9.29. The molecule has 2 aromatic rings. The van der Waals surface area contributed by atoms with Crippen LogP contribution < -0.4 is 10.5 Å². The van der Waals surface area contributed by atoms with Crippen molar-refractivity contribution in [3.05, 3.63) is 44.6 Å². The van der Waals surface area contributed by atoms with E-state index >= 15 is 0 Å². The lowest BCUT2D eigenvalue weighted by atomic mass is 10.3. The van der Waals surface area contributed by atoms with Gasteiger partial charge < -0.3 is 5.73 Å². The topological polar surface area (TPSA) is 72.2 Å². The van der Waals surface area contributed by atoms with Crippen molar-refractivity contribution >= 4 is 43.0 Å². The molecule has 0 amide bonds. The Kier molecular flexibility index (Phi) is 4.53. The number of hydrogen-bond acceptors (Lipinski definition) is 4. The summed E-state index contributed by atoms with van der Waals surface area (Å²) in [5, 5.41) is 0. The number of nitrogens with one attached hydrogen (secondary N) is 1. The molecule has 0 spiro atoms. The zero-order valence-electron chi connectivity index (χ0n) is 11.1. The largest absolute Gasteiger partial charge is 0.398 e. The van der Waals surface area contributed by atoms with Gasteiger partial charge >= 0.3 is 0 Å². The second kappa shape index (κ2) is 5.85. The zero-order chi connectivity index (χ0) is 14.9. The Hall–Kier alpha value is -0.890. The number of anilines is 1. The van der Waals surface area contributed by atoms with Gasteiger partial charge in [-0.3, -0.25) is 0 Å². The molecule has 108 valence electrons. The van der Waals surface area contributed by atoms with Crippen molar-refractivity contribution in [2.45, 2.75) is 24.8 Å². The van der Waals surface area contributed by atoms with Gasteiger partial charge in [0.15, 0.2) is 0 Å². The molecule has 0 bridgehead atoms. The summed E-state index contributed by atoms with van der Waals surface area (Å²) in [5.74, 6) is 0.